The molecule has 0 saturated carbocycles. The molecule has 0 saturated heterocycles. The Morgan fingerprint density at radius 2 is 0.900 bits per heavy atom. The maximum Gasteiger partial charge on any atom is 0.346 e. The van der Waals surface area contributed by atoms with Crippen molar-refractivity contribution < 1.29 is 28.7 Å². The zero-order valence-corrected chi connectivity index (χ0v) is 21.8. The molecule has 4 aliphatic rings. The topological polar surface area (TPSA) is 90.0 Å². The summed E-state index contributed by atoms with van der Waals surface area (Å²) in [5, 5.41) is 0. The van der Waals surface area contributed by atoms with E-state index in [-0.39, 0.29) is 22.3 Å². The van der Waals surface area contributed by atoms with Gasteiger partial charge in [0.2, 0.25) is 0 Å². The SMILES string of the molecule is CC(C)(C)N1c2cc3c(cc2C2(c4ccccc4-c4ccccc42)c2cc4c(cc21)C(=O)OC4=O)C(=O)OC3=O. The molecule has 3 heterocycles. The second-order valence-electron chi connectivity index (χ2n) is 11.5. The minimum atomic E-state index is -0.957. The molecule has 194 valence electrons. The first-order chi connectivity index (χ1) is 19.1. The number of hydrogen-bond donors (Lipinski definition) is 0. The van der Waals surface area contributed by atoms with E-state index >= 15 is 0 Å². The maximum atomic E-state index is 12.9. The van der Waals surface area contributed by atoms with Crippen molar-refractivity contribution in [3.05, 3.63) is 117 Å². The van der Waals surface area contributed by atoms with Crippen LogP contribution < -0.4 is 4.90 Å². The first kappa shape index (κ1) is 22.9. The second kappa shape index (κ2) is 7.12. The highest BCUT2D eigenvalue weighted by molar-refractivity contribution is 6.17. The molecule has 1 aliphatic carbocycles. The zero-order chi connectivity index (χ0) is 27.7. The first-order valence-corrected chi connectivity index (χ1v) is 13.0. The van der Waals surface area contributed by atoms with Gasteiger partial charge in [0.1, 0.15) is 0 Å². The highest BCUT2D eigenvalue weighted by atomic mass is 16.6. The van der Waals surface area contributed by atoms with Crippen molar-refractivity contribution in [3.8, 4) is 11.1 Å². The van der Waals surface area contributed by atoms with Crippen LogP contribution in [0.3, 0.4) is 0 Å². The van der Waals surface area contributed by atoms with Crippen LogP contribution >= 0.6 is 0 Å². The third-order valence-electron chi connectivity index (χ3n) is 8.44. The number of hydrogen-bond acceptors (Lipinski definition) is 7. The molecular formula is C33H21NO6. The highest BCUT2D eigenvalue weighted by Crippen LogP contribution is 2.64. The van der Waals surface area contributed by atoms with Gasteiger partial charge in [-0.25, -0.2) is 19.2 Å². The molecule has 0 amide bonds. The van der Waals surface area contributed by atoms with Crippen LogP contribution in [0, 0.1) is 0 Å². The number of ether oxygens (including phenoxy) is 2. The van der Waals surface area contributed by atoms with Gasteiger partial charge >= 0.3 is 23.9 Å². The normalized spacial score (nSPS) is 17.1. The average molecular weight is 528 g/mol. The summed E-state index contributed by atoms with van der Waals surface area (Å²) in [6.45, 7) is 6.09. The van der Waals surface area contributed by atoms with Crippen LogP contribution in [-0.4, -0.2) is 29.4 Å². The number of fused-ring (bicyclic) bond motifs is 11. The maximum absolute atomic E-state index is 12.9. The minimum absolute atomic E-state index is 0.201. The summed E-state index contributed by atoms with van der Waals surface area (Å²) in [4.78, 5) is 53.3. The largest absolute Gasteiger partial charge is 0.386 e. The fourth-order valence-electron chi connectivity index (χ4n) is 7.02. The molecule has 0 fully saturated rings. The molecule has 0 aromatic heterocycles. The summed E-state index contributed by atoms with van der Waals surface area (Å²) in [7, 11) is 0. The molecular weight excluding hydrogens is 506 g/mol. The van der Waals surface area contributed by atoms with Crippen molar-refractivity contribution >= 4 is 35.3 Å². The predicted molar refractivity (Wildman–Crippen MR) is 145 cm³/mol. The fraction of sp³-hybridized carbons (Fsp3) is 0.152. The lowest BCUT2D eigenvalue weighted by molar-refractivity contribution is 0.0425. The number of rotatable bonds is 0. The van der Waals surface area contributed by atoms with Gasteiger partial charge in [-0.05, 0) is 78.4 Å². The Morgan fingerprint density at radius 1 is 0.525 bits per heavy atom. The van der Waals surface area contributed by atoms with E-state index in [9.17, 15) is 19.2 Å². The van der Waals surface area contributed by atoms with Crippen molar-refractivity contribution in [2.45, 2.75) is 31.7 Å². The lowest BCUT2D eigenvalue weighted by Crippen LogP contribution is -2.45. The second-order valence-corrected chi connectivity index (χ2v) is 11.5. The third kappa shape index (κ3) is 2.55. The lowest BCUT2D eigenvalue weighted by Gasteiger charge is -2.49. The van der Waals surface area contributed by atoms with Gasteiger partial charge in [-0.2, -0.15) is 0 Å². The van der Waals surface area contributed by atoms with E-state index in [1.165, 1.54) is 0 Å². The molecule has 7 heteroatoms. The molecule has 40 heavy (non-hydrogen) atoms. The molecule has 8 rings (SSSR count). The number of carbonyl (C=O) groups excluding carboxylic acids is 4. The number of esters is 4. The zero-order valence-electron chi connectivity index (χ0n) is 21.8. The van der Waals surface area contributed by atoms with E-state index in [4.69, 9.17) is 9.47 Å². The fourth-order valence-corrected chi connectivity index (χ4v) is 7.02. The Bertz CT molecular complexity index is 1800. The van der Waals surface area contributed by atoms with E-state index in [1.807, 2.05) is 45.0 Å². The highest BCUT2D eigenvalue weighted by Gasteiger charge is 2.54. The molecule has 0 N–H and O–H groups in total. The first-order valence-electron chi connectivity index (χ1n) is 13.0. The van der Waals surface area contributed by atoms with Crippen LogP contribution in [-0.2, 0) is 14.9 Å². The Balaban J connectivity index is 1.62. The van der Waals surface area contributed by atoms with Crippen molar-refractivity contribution in [1.29, 1.82) is 0 Å². The van der Waals surface area contributed by atoms with E-state index in [1.54, 1.807) is 24.3 Å². The monoisotopic (exact) mass is 527 g/mol. The quantitative estimate of drug-likeness (QED) is 0.182. The Morgan fingerprint density at radius 3 is 1.30 bits per heavy atom. The molecule has 0 radical (unpaired) electrons. The predicted octanol–water partition coefficient (Wildman–Crippen LogP) is 5.92. The molecule has 3 aliphatic heterocycles. The van der Waals surface area contributed by atoms with Gasteiger partial charge in [0.05, 0.1) is 27.7 Å². The smallest absolute Gasteiger partial charge is 0.346 e. The van der Waals surface area contributed by atoms with Crippen LogP contribution in [0.1, 0.15) is 84.5 Å². The number of nitrogens with zero attached hydrogens (tertiary/aromatic N) is 1. The third-order valence-corrected chi connectivity index (χ3v) is 8.44. The molecule has 4 aromatic carbocycles. The molecule has 7 nitrogen and oxygen atoms in total. The van der Waals surface area contributed by atoms with E-state index in [2.05, 4.69) is 29.2 Å². The summed E-state index contributed by atoms with van der Waals surface area (Å²) in [6, 6.07) is 23.2. The van der Waals surface area contributed by atoms with Gasteiger partial charge in [0, 0.05) is 16.9 Å². The Hall–Kier alpha value is -5.04. The Kier molecular flexibility index (Phi) is 4.08. The molecule has 1 spiro atoms. The summed E-state index contributed by atoms with van der Waals surface area (Å²) in [5.74, 6) is -2.75. The Labute approximate surface area is 228 Å². The van der Waals surface area contributed by atoms with E-state index < -0.39 is 34.8 Å². The molecule has 4 aromatic rings. The summed E-state index contributed by atoms with van der Waals surface area (Å²) in [5.41, 5.74) is 6.33. The summed E-state index contributed by atoms with van der Waals surface area (Å²) in [6.07, 6.45) is 0. The minimum Gasteiger partial charge on any atom is -0.386 e. The van der Waals surface area contributed by atoms with Crippen molar-refractivity contribution in [2.75, 3.05) is 4.90 Å². The number of carbonyl (C=O) groups is 4. The van der Waals surface area contributed by atoms with Crippen LogP contribution in [0.15, 0.2) is 72.8 Å². The van der Waals surface area contributed by atoms with Crippen LogP contribution in [0.2, 0.25) is 0 Å². The standard InChI is InChI=1S/C33H21NO6/c1-32(2,3)34-26-14-20-18(28(35)39-30(20)37)12-24(26)33(25-13-19-21(15-27(25)34)31(38)40-29(19)36)22-10-6-4-8-16(22)17-9-5-7-11-23(17)33/h4-15H,1-3H3. The summed E-state index contributed by atoms with van der Waals surface area (Å²) < 4.78 is 10.1. The lowest BCUT2D eigenvalue weighted by atomic mass is 9.63. The van der Waals surface area contributed by atoms with Gasteiger partial charge < -0.3 is 14.4 Å². The van der Waals surface area contributed by atoms with Crippen LogP contribution in [0.5, 0.6) is 0 Å². The van der Waals surface area contributed by atoms with Gasteiger partial charge in [-0.3, -0.25) is 0 Å². The van der Waals surface area contributed by atoms with E-state index in [0.717, 1.165) is 44.8 Å². The number of benzene rings is 4. The van der Waals surface area contributed by atoms with Crippen molar-refractivity contribution in [2.24, 2.45) is 0 Å². The molecule has 0 unspecified atom stereocenters. The molecule has 0 atom stereocenters. The number of anilines is 2. The van der Waals surface area contributed by atoms with Gasteiger partial charge in [-0.1, -0.05) is 48.5 Å². The van der Waals surface area contributed by atoms with Gasteiger partial charge in [0.25, 0.3) is 0 Å². The van der Waals surface area contributed by atoms with Crippen LogP contribution in [0.25, 0.3) is 11.1 Å². The van der Waals surface area contributed by atoms with Gasteiger partial charge in [0.15, 0.2) is 0 Å². The van der Waals surface area contributed by atoms with Crippen molar-refractivity contribution in [3.63, 3.8) is 0 Å². The van der Waals surface area contributed by atoms with E-state index in [0.29, 0.717) is 0 Å². The average Bonchev–Trinajstić information content (AvgIpc) is 3.49. The summed E-state index contributed by atoms with van der Waals surface area (Å²) >= 11 is 0. The number of cyclic esters (lactones) is 4. The molecule has 0 bridgehead atoms. The van der Waals surface area contributed by atoms with Crippen molar-refractivity contribution in [1.82, 2.24) is 0 Å². The van der Waals surface area contributed by atoms with Crippen LogP contribution in [0.4, 0.5) is 11.4 Å². The van der Waals surface area contributed by atoms with Gasteiger partial charge in [-0.15, -0.1) is 0 Å².